The lowest BCUT2D eigenvalue weighted by Gasteiger charge is -2.34. The molecule has 1 heterocycles. The standard InChI is InChI=1S/C20H31ClFN5O.HI/c1-15(28)27-11-9-26(10-12-27)8-7-24-19(23-4)25-14-20(2,3)17-6-5-16(22)13-18(17)21;/h5-6,13H,7-12,14H2,1-4H3,(H2,23,24,25);1H. The van der Waals surface area contributed by atoms with Gasteiger partial charge in [-0.3, -0.25) is 14.7 Å². The molecule has 0 atom stereocenters. The number of halogens is 3. The lowest BCUT2D eigenvalue weighted by atomic mass is 9.84. The van der Waals surface area contributed by atoms with Crippen LogP contribution in [-0.4, -0.2) is 74.5 Å². The van der Waals surface area contributed by atoms with Gasteiger partial charge < -0.3 is 15.5 Å². The zero-order valence-corrected chi connectivity index (χ0v) is 20.7. The van der Waals surface area contributed by atoms with Crippen molar-refractivity contribution in [3.63, 3.8) is 0 Å². The van der Waals surface area contributed by atoms with Crippen LogP contribution in [0.1, 0.15) is 26.3 Å². The summed E-state index contributed by atoms with van der Waals surface area (Å²) in [6.45, 7) is 11.3. The lowest BCUT2D eigenvalue weighted by molar-refractivity contribution is -0.130. The third-order valence-electron chi connectivity index (χ3n) is 5.12. The molecule has 1 fully saturated rings. The van der Waals surface area contributed by atoms with E-state index in [-0.39, 0.29) is 41.1 Å². The van der Waals surface area contributed by atoms with E-state index in [0.29, 0.717) is 17.5 Å². The van der Waals surface area contributed by atoms with Crippen LogP contribution in [0.4, 0.5) is 4.39 Å². The number of carbonyl (C=O) groups excluding carboxylic acids is 1. The predicted molar refractivity (Wildman–Crippen MR) is 128 cm³/mol. The van der Waals surface area contributed by atoms with E-state index in [2.05, 4.69) is 34.4 Å². The smallest absolute Gasteiger partial charge is 0.219 e. The number of aliphatic imine (C=N–C) groups is 1. The Morgan fingerprint density at radius 3 is 2.45 bits per heavy atom. The molecular weight excluding hydrogens is 508 g/mol. The van der Waals surface area contributed by atoms with Gasteiger partial charge in [-0.1, -0.05) is 31.5 Å². The minimum absolute atomic E-state index is 0. The third-order valence-corrected chi connectivity index (χ3v) is 5.43. The molecule has 1 aromatic rings. The number of nitrogens with one attached hydrogen (secondary N) is 2. The van der Waals surface area contributed by atoms with Crippen LogP contribution < -0.4 is 10.6 Å². The van der Waals surface area contributed by atoms with Gasteiger partial charge in [0, 0.05) is 70.2 Å². The summed E-state index contributed by atoms with van der Waals surface area (Å²) < 4.78 is 13.3. The monoisotopic (exact) mass is 539 g/mol. The van der Waals surface area contributed by atoms with Crippen molar-refractivity contribution in [1.82, 2.24) is 20.4 Å². The van der Waals surface area contributed by atoms with Crippen LogP contribution in [0.3, 0.4) is 0 Å². The van der Waals surface area contributed by atoms with E-state index < -0.39 is 0 Å². The first-order chi connectivity index (χ1) is 13.2. The number of carbonyl (C=O) groups is 1. The molecule has 9 heteroatoms. The second kappa shape index (κ2) is 11.9. The van der Waals surface area contributed by atoms with Crippen molar-refractivity contribution in [2.45, 2.75) is 26.2 Å². The number of benzene rings is 1. The minimum atomic E-state index is -0.334. The van der Waals surface area contributed by atoms with Crippen molar-refractivity contribution < 1.29 is 9.18 Å². The predicted octanol–water partition coefficient (Wildman–Crippen LogP) is 2.70. The van der Waals surface area contributed by atoms with Crippen LogP contribution in [-0.2, 0) is 10.2 Å². The first kappa shape index (κ1) is 25.9. The van der Waals surface area contributed by atoms with E-state index in [9.17, 15) is 9.18 Å². The zero-order valence-electron chi connectivity index (χ0n) is 17.6. The Labute approximate surface area is 195 Å². The van der Waals surface area contributed by atoms with Gasteiger partial charge in [-0.05, 0) is 17.7 Å². The summed E-state index contributed by atoms with van der Waals surface area (Å²) in [7, 11) is 1.73. The van der Waals surface area contributed by atoms with Crippen LogP contribution in [0.2, 0.25) is 5.02 Å². The van der Waals surface area contributed by atoms with E-state index in [0.717, 1.165) is 44.8 Å². The van der Waals surface area contributed by atoms with Gasteiger partial charge >= 0.3 is 0 Å². The Morgan fingerprint density at radius 2 is 1.90 bits per heavy atom. The highest BCUT2D eigenvalue weighted by molar-refractivity contribution is 14.0. The average Bonchev–Trinajstić information content (AvgIpc) is 2.64. The molecule has 0 spiro atoms. The number of rotatable bonds is 6. The van der Waals surface area contributed by atoms with Crippen LogP contribution in [0.5, 0.6) is 0 Å². The fraction of sp³-hybridized carbons (Fsp3) is 0.600. The summed E-state index contributed by atoms with van der Waals surface area (Å²) in [5, 5.41) is 7.08. The molecular formula is C20H32ClFIN5O. The quantitative estimate of drug-likeness (QED) is 0.332. The number of nitrogens with zero attached hydrogens (tertiary/aromatic N) is 3. The maximum Gasteiger partial charge on any atom is 0.219 e. The molecule has 0 unspecified atom stereocenters. The highest BCUT2D eigenvalue weighted by Gasteiger charge is 2.24. The van der Waals surface area contributed by atoms with Crippen molar-refractivity contribution >= 4 is 47.4 Å². The van der Waals surface area contributed by atoms with Gasteiger partial charge in [0.2, 0.25) is 5.91 Å². The molecule has 1 aromatic carbocycles. The molecule has 1 saturated heterocycles. The summed E-state index contributed by atoms with van der Waals surface area (Å²) in [6.07, 6.45) is 0. The van der Waals surface area contributed by atoms with Gasteiger partial charge in [0.15, 0.2) is 5.96 Å². The highest BCUT2D eigenvalue weighted by atomic mass is 127. The summed E-state index contributed by atoms with van der Waals surface area (Å²) in [4.78, 5) is 19.9. The van der Waals surface area contributed by atoms with Gasteiger partial charge in [-0.25, -0.2) is 4.39 Å². The molecule has 1 aliphatic heterocycles. The average molecular weight is 540 g/mol. The van der Waals surface area contributed by atoms with E-state index in [1.165, 1.54) is 12.1 Å². The molecule has 1 aliphatic rings. The van der Waals surface area contributed by atoms with E-state index in [1.54, 1.807) is 20.0 Å². The van der Waals surface area contributed by atoms with Crippen LogP contribution >= 0.6 is 35.6 Å². The van der Waals surface area contributed by atoms with Crippen molar-refractivity contribution in [1.29, 1.82) is 0 Å². The molecule has 0 aliphatic carbocycles. The summed E-state index contributed by atoms with van der Waals surface area (Å²) in [5.41, 5.74) is 0.604. The molecule has 2 rings (SSSR count). The number of hydrogen-bond acceptors (Lipinski definition) is 3. The fourth-order valence-corrected chi connectivity index (χ4v) is 3.70. The van der Waals surface area contributed by atoms with Crippen LogP contribution in [0.25, 0.3) is 0 Å². The molecule has 6 nitrogen and oxygen atoms in total. The SMILES string of the molecule is CN=C(NCCN1CCN(C(C)=O)CC1)NCC(C)(C)c1ccc(F)cc1Cl.I. The Bertz CT molecular complexity index is 708. The summed E-state index contributed by atoms with van der Waals surface area (Å²) in [5.74, 6) is 0.527. The minimum Gasteiger partial charge on any atom is -0.356 e. The van der Waals surface area contributed by atoms with Crippen molar-refractivity contribution in [2.75, 3.05) is 52.9 Å². The van der Waals surface area contributed by atoms with Gasteiger partial charge in [0.1, 0.15) is 5.82 Å². The lowest BCUT2D eigenvalue weighted by Crippen LogP contribution is -2.50. The maximum absolute atomic E-state index is 13.3. The van der Waals surface area contributed by atoms with Gasteiger partial charge in [0.05, 0.1) is 0 Å². The molecule has 164 valence electrons. The number of piperazine rings is 1. The fourth-order valence-electron chi connectivity index (χ4n) is 3.28. The van der Waals surface area contributed by atoms with E-state index in [1.807, 2.05) is 4.90 Å². The Hall–Kier alpha value is -1.13. The van der Waals surface area contributed by atoms with Gasteiger partial charge in [-0.2, -0.15) is 0 Å². The molecule has 2 N–H and O–H groups in total. The van der Waals surface area contributed by atoms with Crippen LogP contribution in [0, 0.1) is 5.82 Å². The Balaban J connectivity index is 0.00000420. The summed E-state index contributed by atoms with van der Waals surface area (Å²) >= 11 is 6.22. The van der Waals surface area contributed by atoms with Gasteiger partial charge in [0.25, 0.3) is 0 Å². The van der Waals surface area contributed by atoms with Crippen molar-refractivity contribution in [3.05, 3.63) is 34.6 Å². The Morgan fingerprint density at radius 1 is 1.24 bits per heavy atom. The van der Waals surface area contributed by atoms with E-state index in [4.69, 9.17) is 11.6 Å². The van der Waals surface area contributed by atoms with Crippen molar-refractivity contribution in [2.24, 2.45) is 4.99 Å². The van der Waals surface area contributed by atoms with Gasteiger partial charge in [-0.15, -0.1) is 24.0 Å². The molecule has 1 amide bonds. The molecule has 29 heavy (non-hydrogen) atoms. The van der Waals surface area contributed by atoms with Crippen molar-refractivity contribution in [3.8, 4) is 0 Å². The first-order valence-corrected chi connectivity index (χ1v) is 9.98. The Kier molecular flexibility index (Phi) is 10.6. The highest BCUT2D eigenvalue weighted by Crippen LogP contribution is 2.29. The molecule has 0 bridgehead atoms. The van der Waals surface area contributed by atoms with Crippen LogP contribution in [0.15, 0.2) is 23.2 Å². The number of amides is 1. The number of hydrogen-bond donors (Lipinski definition) is 2. The molecule has 0 aromatic heterocycles. The maximum atomic E-state index is 13.3. The molecule has 0 radical (unpaired) electrons. The second-order valence-electron chi connectivity index (χ2n) is 7.71. The second-order valence-corrected chi connectivity index (χ2v) is 8.12. The topological polar surface area (TPSA) is 60.0 Å². The first-order valence-electron chi connectivity index (χ1n) is 9.61. The number of guanidine groups is 1. The largest absolute Gasteiger partial charge is 0.356 e. The normalized spacial score (nSPS) is 15.7. The molecule has 0 saturated carbocycles. The van der Waals surface area contributed by atoms with E-state index >= 15 is 0 Å². The third kappa shape index (κ3) is 7.90. The summed E-state index contributed by atoms with van der Waals surface area (Å²) in [6, 6.07) is 4.51. The zero-order chi connectivity index (χ0) is 20.7.